The molecule has 1 aromatic rings. The van der Waals surface area contributed by atoms with Gasteiger partial charge in [-0.1, -0.05) is 0 Å². The quantitative estimate of drug-likeness (QED) is 0.837. The molecule has 0 saturated carbocycles. The zero-order valence-corrected chi connectivity index (χ0v) is 11.2. The smallest absolute Gasteiger partial charge is 0.251 e. The van der Waals surface area contributed by atoms with Crippen molar-refractivity contribution in [2.45, 2.75) is 18.9 Å². The van der Waals surface area contributed by atoms with Crippen molar-refractivity contribution in [2.24, 2.45) is 0 Å². The van der Waals surface area contributed by atoms with Gasteiger partial charge >= 0.3 is 0 Å². The predicted octanol–water partition coefficient (Wildman–Crippen LogP) is 1.28. The molecule has 1 aromatic carbocycles. The van der Waals surface area contributed by atoms with Crippen LogP contribution in [0.15, 0.2) is 24.3 Å². The molecule has 0 aliphatic carbocycles. The molecule has 20 heavy (non-hydrogen) atoms. The fraction of sp³-hybridized carbons (Fsp3) is 0.400. The molecule has 1 saturated heterocycles. The first-order valence-corrected chi connectivity index (χ1v) is 6.63. The minimum absolute atomic E-state index is 0.103. The lowest BCUT2D eigenvalue weighted by Gasteiger charge is -2.30. The van der Waals surface area contributed by atoms with E-state index in [1.807, 2.05) is 6.07 Å². The molecule has 0 radical (unpaired) electrons. The molecule has 0 atom stereocenters. The lowest BCUT2D eigenvalue weighted by molar-refractivity contribution is 0.0914. The number of rotatable bonds is 3. The van der Waals surface area contributed by atoms with Crippen LogP contribution in [0.3, 0.4) is 0 Å². The van der Waals surface area contributed by atoms with Crippen molar-refractivity contribution in [2.75, 3.05) is 19.6 Å². The molecule has 5 heteroatoms. The summed E-state index contributed by atoms with van der Waals surface area (Å²) < 4.78 is 0. The highest BCUT2D eigenvalue weighted by molar-refractivity contribution is 5.94. The maximum Gasteiger partial charge on any atom is 0.251 e. The molecule has 1 heterocycles. The molecule has 5 nitrogen and oxygen atoms in total. The van der Waals surface area contributed by atoms with Crippen LogP contribution in [0.2, 0.25) is 0 Å². The highest BCUT2D eigenvalue weighted by Gasteiger charge is 2.20. The van der Waals surface area contributed by atoms with Gasteiger partial charge < -0.3 is 5.32 Å². The number of nitrogens with zero attached hydrogens (tertiary/aromatic N) is 3. The highest BCUT2D eigenvalue weighted by Crippen LogP contribution is 2.11. The molecule has 102 valence electrons. The van der Waals surface area contributed by atoms with Gasteiger partial charge in [-0.2, -0.15) is 10.5 Å². The van der Waals surface area contributed by atoms with Crippen LogP contribution in [0.4, 0.5) is 0 Å². The topological polar surface area (TPSA) is 79.9 Å². The van der Waals surface area contributed by atoms with Crippen LogP contribution in [0.1, 0.15) is 28.8 Å². The van der Waals surface area contributed by atoms with E-state index >= 15 is 0 Å². The zero-order valence-electron chi connectivity index (χ0n) is 11.2. The Kier molecular flexibility index (Phi) is 4.70. The number of carbonyl (C=O) groups is 1. The van der Waals surface area contributed by atoms with Crippen LogP contribution in [-0.4, -0.2) is 36.5 Å². The molecular weight excluding hydrogens is 252 g/mol. The van der Waals surface area contributed by atoms with Crippen LogP contribution >= 0.6 is 0 Å². The molecule has 2 rings (SSSR count). The number of benzene rings is 1. The molecule has 1 N–H and O–H groups in total. The molecular formula is C15H16N4O. The minimum Gasteiger partial charge on any atom is -0.349 e. The van der Waals surface area contributed by atoms with Gasteiger partial charge in [0, 0.05) is 24.7 Å². The first-order valence-electron chi connectivity index (χ1n) is 6.63. The minimum atomic E-state index is -0.103. The van der Waals surface area contributed by atoms with Gasteiger partial charge in [0.1, 0.15) is 0 Å². The molecule has 1 aliphatic heterocycles. The summed E-state index contributed by atoms with van der Waals surface area (Å²) in [5, 5.41) is 20.4. The van der Waals surface area contributed by atoms with E-state index < -0.39 is 0 Å². The third-order valence-corrected chi connectivity index (χ3v) is 3.49. The molecule has 0 aromatic heterocycles. The lowest BCUT2D eigenvalue weighted by Crippen LogP contribution is -2.44. The second kappa shape index (κ2) is 6.70. The zero-order chi connectivity index (χ0) is 14.4. The number of hydrogen-bond donors (Lipinski definition) is 1. The summed E-state index contributed by atoms with van der Waals surface area (Å²) in [6, 6.07) is 10.9. The Morgan fingerprint density at radius 3 is 2.45 bits per heavy atom. The lowest BCUT2D eigenvalue weighted by atomic mass is 10.0. The summed E-state index contributed by atoms with van der Waals surface area (Å²) in [4.78, 5) is 14.1. The number of hydrogen-bond acceptors (Lipinski definition) is 4. The molecule has 1 aliphatic rings. The van der Waals surface area contributed by atoms with Gasteiger partial charge in [0.05, 0.1) is 24.2 Å². The fourth-order valence-electron chi connectivity index (χ4n) is 2.30. The monoisotopic (exact) mass is 268 g/mol. The number of likely N-dealkylation sites (tertiary alicyclic amines) is 1. The first-order chi connectivity index (χ1) is 9.72. The van der Waals surface area contributed by atoms with Gasteiger partial charge in [-0.15, -0.1) is 0 Å². The summed E-state index contributed by atoms with van der Waals surface area (Å²) in [5.41, 5.74) is 1.12. The molecule has 1 amide bonds. The maximum atomic E-state index is 12.1. The Bertz CT molecular complexity index is 545. The van der Waals surface area contributed by atoms with E-state index in [4.69, 9.17) is 10.5 Å². The Balaban J connectivity index is 1.86. The van der Waals surface area contributed by atoms with Crippen molar-refractivity contribution < 1.29 is 4.79 Å². The van der Waals surface area contributed by atoms with E-state index in [-0.39, 0.29) is 11.9 Å². The van der Waals surface area contributed by atoms with E-state index in [0.717, 1.165) is 25.9 Å². The summed E-state index contributed by atoms with van der Waals surface area (Å²) in [5.74, 6) is -0.103. The van der Waals surface area contributed by atoms with Crippen molar-refractivity contribution in [3.05, 3.63) is 35.4 Å². The van der Waals surface area contributed by atoms with Crippen LogP contribution in [0, 0.1) is 22.7 Å². The van der Waals surface area contributed by atoms with Crippen LogP contribution < -0.4 is 5.32 Å². The van der Waals surface area contributed by atoms with Crippen molar-refractivity contribution >= 4 is 5.91 Å². The van der Waals surface area contributed by atoms with E-state index in [2.05, 4.69) is 16.3 Å². The molecule has 0 bridgehead atoms. The van der Waals surface area contributed by atoms with Crippen molar-refractivity contribution in [3.8, 4) is 12.1 Å². The Morgan fingerprint density at radius 2 is 1.90 bits per heavy atom. The largest absolute Gasteiger partial charge is 0.349 e. The maximum absolute atomic E-state index is 12.1. The van der Waals surface area contributed by atoms with Crippen molar-refractivity contribution in [1.82, 2.24) is 10.2 Å². The third-order valence-electron chi connectivity index (χ3n) is 3.49. The van der Waals surface area contributed by atoms with Gasteiger partial charge in [-0.25, -0.2) is 0 Å². The van der Waals surface area contributed by atoms with Gasteiger partial charge in [0.25, 0.3) is 5.91 Å². The van der Waals surface area contributed by atoms with Gasteiger partial charge in [0.15, 0.2) is 0 Å². The SMILES string of the molecule is N#CCN1CCC(NC(=O)c2ccc(C#N)cc2)CC1. The summed E-state index contributed by atoms with van der Waals surface area (Å²) in [6.07, 6.45) is 1.73. The van der Waals surface area contributed by atoms with Crippen molar-refractivity contribution in [1.29, 1.82) is 10.5 Å². The Labute approximate surface area is 118 Å². The van der Waals surface area contributed by atoms with Crippen LogP contribution in [-0.2, 0) is 0 Å². The van der Waals surface area contributed by atoms with E-state index in [1.54, 1.807) is 24.3 Å². The van der Waals surface area contributed by atoms with Gasteiger partial charge in [-0.3, -0.25) is 9.69 Å². The second-order valence-electron chi connectivity index (χ2n) is 4.87. The number of carbonyl (C=O) groups excluding carboxylic acids is 1. The average molecular weight is 268 g/mol. The molecule has 0 spiro atoms. The van der Waals surface area contributed by atoms with E-state index in [1.165, 1.54) is 0 Å². The van der Waals surface area contributed by atoms with Gasteiger partial charge in [-0.05, 0) is 37.1 Å². The number of nitriles is 2. The second-order valence-corrected chi connectivity index (χ2v) is 4.87. The predicted molar refractivity (Wildman–Crippen MR) is 73.7 cm³/mol. The van der Waals surface area contributed by atoms with E-state index in [0.29, 0.717) is 17.7 Å². The van der Waals surface area contributed by atoms with E-state index in [9.17, 15) is 4.79 Å². The number of nitrogens with one attached hydrogen (secondary N) is 1. The summed E-state index contributed by atoms with van der Waals surface area (Å²) in [6.45, 7) is 2.13. The molecule has 0 unspecified atom stereocenters. The Morgan fingerprint density at radius 1 is 1.25 bits per heavy atom. The summed E-state index contributed by atoms with van der Waals surface area (Å²) in [7, 11) is 0. The average Bonchev–Trinajstić information content (AvgIpc) is 2.49. The highest BCUT2D eigenvalue weighted by atomic mass is 16.1. The van der Waals surface area contributed by atoms with Crippen molar-refractivity contribution in [3.63, 3.8) is 0 Å². The van der Waals surface area contributed by atoms with Crippen LogP contribution in [0.5, 0.6) is 0 Å². The first kappa shape index (κ1) is 14.0. The summed E-state index contributed by atoms with van der Waals surface area (Å²) >= 11 is 0. The number of piperidine rings is 1. The third kappa shape index (κ3) is 3.57. The normalized spacial score (nSPS) is 16.1. The van der Waals surface area contributed by atoms with Crippen LogP contribution in [0.25, 0.3) is 0 Å². The van der Waals surface area contributed by atoms with Gasteiger partial charge in [0.2, 0.25) is 0 Å². The number of amides is 1. The Hall–Kier alpha value is -2.37. The molecule has 1 fully saturated rings. The standard InChI is InChI=1S/C15H16N4O/c16-7-10-19-8-5-14(6-9-19)18-15(20)13-3-1-12(11-17)2-4-13/h1-4,14H,5-6,8-10H2,(H,18,20). The fourth-order valence-corrected chi connectivity index (χ4v) is 2.30.